The third kappa shape index (κ3) is 5.33. The summed E-state index contributed by atoms with van der Waals surface area (Å²) < 4.78 is 0. The molecule has 1 aliphatic rings. The van der Waals surface area contributed by atoms with Crippen LogP contribution in [0.5, 0.6) is 0 Å². The summed E-state index contributed by atoms with van der Waals surface area (Å²) in [5.41, 5.74) is 2.55. The van der Waals surface area contributed by atoms with Crippen LogP contribution < -0.4 is 10.6 Å². The van der Waals surface area contributed by atoms with E-state index in [0.29, 0.717) is 12.5 Å². The summed E-state index contributed by atoms with van der Waals surface area (Å²) in [6.45, 7) is 3.67. The van der Waals surface area contributed by atoms with Crippen molar-refractivity contribution in [2.45, 2.75) is 58.0 Å². The molecule has 1 saturated carbocycles. The van der Waals surface area contributed by atoms with Crippen LogP contribution in [0.25, 0.3) is 0 Å². The van der Waals surface area contributed by atoms with Gasteiger partial charge in [-0.1, -0.05) is 49.1 Å². The number of aryl methyl sites for hydroxylation is 1. The van der Waals surface area contributed by atoms with Crippen molar-refractivity contribution in [3.63, 3.8) is 0 Å². The second-order valence-electron chi connectivity index (χ2n) is 5.82. The Bertz CT molecular complexity index is 425. The predicted octanol–water partition coefficient (Wildman–Crippen LogP) is 2.92. The molecule has 0 atom stereocenters. The lowest BCUT2D eigenvalue weighted by molar-refractivity contribution is -0.121. The summed E-state index contributed by atoms with van der Waals surface area (Å²) in [6, 6.07) is 8.88. The first-order valence-corrected chi connectivity index (χ1v) is 7.79. The van der Waals surface area contributed by atoms with Crippen molar-refractivity contribution in [2.75, 3.05) is 6.54 Å². The minimum atomic E-state index is 0.189. The van der Waals surface area contributed by atoms with Gasteiger partial charge in [-0.15, -0.1) is 0 Å². The van der Waals surface area contributed by atoms with Crippen molar-refractivity contribution in [2.24, 2.45) is 0 Å². The Hall–Kier alpha value is -1.35. The van der Waals surface area contributed by atoms with Gasteiger partial charge in [-0.05, 0) is 25.3 Å². The Morgan fingerprint density at radius 1 is 1.25 bits per heavy atom. The van der Waals surface area contributed by atoms with Crippen molar-refractivity contribution in [3.8, 4) is 0 Å². The molecule has 0 aromatic heterocycles. The first-order chi connectivity index (χ1) is 9.74. The maximum atomic E-state index is 11.8. The third-order valence-corrected chi connectivity index (χ3v) is 3.91. The smallest absolute Gasteiger partial charge is 0.221 e. The van der Waals surface area contributed by atoms with Crippen LogP contribution in [-0.4, -0.2) is 18.5 Å². The fourth-order valence-electron chi connectivity index (χ4n) is 2.80. The molecule has 0 unspecified atom stereocenters. The minimum absolute atomic E-state index is 0.189. The van der Waals surface area contributed by atoms with Gasteiger partial charge in [-0.25, -0.2) is 0 Å². The van der Waals surface area contributed by atoms with Crippen molar-refractivity contribution in [1.29, 1.82) is 0 Å². The lowest BCUT2D eigenvalue weighted by Gasteiger charge is -2.22. The number of carbonyl (C=O) groups excluding carboxylic acids is 1. The Morgan fingerprint density at radius 2 is 2.05 bits per heavy atom. The molecule has 20 heavy (non-hydrogen) atoms. The van der Waals surface area contributed by atoms with Gasteiger partial charge in [0.15, 0.2) is 0 Å². The zero-order valence-electron chi connectivity index (χ0n) is 12.5. The monoisotopic (exact) mass is 274 g/mol. The molecule has 0 bridgehead atoms. The van der Waals surface area contributed by atoms with Crippen LogP contribution in [0.3, 0.4) is 0 Å². The number of amides is 1. The maximum Gasteiger partial charge on any atom is 0.221 e. The summed E-state index contributed by atoms with van der Waals surface area (Å²) in [4.78, 5) is 11.8. The van der Waals surface area contributed by atoms with Crippen LogP contribution in [0.2, 0.25) is 0 Å². The number of benzene rings is 1. The molecule has 1 aliphatic carbocycles. The second-order valence-corrected chi connectivity index (χ2v) is 5.82. The van der Waals surface area contributed by atoms with Crippen LogP contribution >= 0.6 is 0 Å². The molecule has 1 amide bonds. The molecule has 0 spiro atoms. The highest BCUT2D eigenvalue weighted by Crippen LogP contribution is 2.17. The largest absolute Gasteiger partial charge is 0.353 e. The van der Waals surface area contributed by atoms with Gasteiger partial charge < -0.3 is 10.6 Å². The molecule has 1 fully saturated rings. The Balaban J connectivity index is 1.59. The molecule has 0 radical (unpaired) electrons. The molecule has 0 heterocycles. The molecule has 1 aromatic rings. The highest BCUT2D eigenvalue weighted by atomic mass is 16.1. The van der Waals surface area contributed by atoms with Gasteiger partial charge in [-0.3, -0.25) is 4.79 Å². The zero-order chi connectivity index (χ0) is 14.2. The summed E-state index contributed by atoms with van der Waals surface area (Å²) in [5, 5.41) is 6.48. The normalized spacial score (nSPS) is 16.1. The van der Waals surface area contributed by atoms with E-state index in [-0.39, 0.29) is 5.91 Å². The number of rotatable bonds is 6. The van der Waals surface area contributed by atoms with Gasteiger partial charge in [0.1, 0.15) is 0 Å². The fourth-order valence-corrected chi connectivity index (χ4v) is 2.80. The van der Waals surface area contributed by atoms with Gasteiger partial charge in [0.05, 0.1) is 0 Å². The highest BCUT2D eigenvalue weighted by molar-refractivity contribution is 5.76. The molecule has 0 aliphatic heterocycles. The Kier molecular flexibility index (Phi) is 6.06. The van der Waals surface area contributed by atoms with E-state index in [1.807, 2.05) is 0 Å². The average molecular weight is 274 g/mol. The van der Waals surface area contributed by atoms with E-state index in [9.17, 15) is 4.79 Å². The lowest BCUT2D eigenvalue weighted by atomic mass is 9.95. The Labute approximate surface area is 122 Å². The van der Waals surface area contributed by atoms with Crippen LogP contribution in [0.4, 0.5) is 0 Å². The molecule has 2 rings (SSSR count). The van der Waals surface area contributed by atoms with Crippen LogP contribution in [0.1, 0.15) is 49.7 Å². The highest BCUT2D eigenvalue weighted by Gasteiger charge is 2.14. The standard InChI is InChI=1S/C17H26N2O/c1-14-6-5-7-15(12-14)13-18-11-10-17(20)19-16-8-3-2-4-9-16/h5-7,12,16,18H,2-4,8-11,13H2,1H3,(H,19,20). The van der Waals surface area contributed by atoms with Crippen molar-refractivity contribution in [1.82, 2.24) is 10.6 Å². The fraction of sp³-hybridized carbons (Fsp3) is 0.588. The maximum absolute atomic E-state index is 11.8. The van der Waals surface area contributed by atoms with Gasteiger partial charge in [0, 0.05) is 25.6 Å². The van der Waals surface area contributed by atoms with E-state index < -0.39 is 0 Å². The number of carbonyl (C=O) groups is 1. The van der Waals surface area contributed by atoms with Crippen molar-refractivity contribution in [3.05, 3.63) is 35.4 Å². The van der Waals surface area contributed by atoms with Crippen LogP contribution in [0, 0.1) is 6.92 Å². The van der Waals surface area contributed by atoms with Crippen molar-refractivity contribution < 1.29 is 4.79 Å². The van der Waals surface area contributed by atoms with Gasteiger partial charge in [0.25, 0.3) is 0 Å². The number of nitrogens with one attached hydrogen (secondary N) is 2. The topological polar surface area (TPSA) is 41.1 Å². The van der Waals surface area contributed by atoms with E-state index in [1.165, 1.54) is 30.4 Å². The van der Waals surface area contributed by atoms with Gasteiger partial charge >= 0.3 is 0 Å². The molecule has 110 valence electrons. The molecular formula is C17H26N2O. The van der Waals surface area contributed by atoms with Gasteiger partial charge in [0.2, 0.25) is 5.91 Å². The predicted molar refractivity (Wildman–Crippen MR) is 82.5 cm³/mol. The summed E-state index contributed by atoms with van der Waals surface area (Å²) in [7, 11) is 0. The third-order valence-electron chi connectivity index (χ3n) is 3.91. The molecule has 2 N–H and O–H groups in total. The first-order valence-electron chi connectivity index (χ1n) is 7.79. The molecule has 3 heteroatoms. The molecular weight excluding hydrogens is 248 g/mol. The Morgan fingerprint density at radius 3 is 2.80 bits per heavy atom. The van der Waals surface area contributed by atoms with E-state index >= 15 is 0 Å². The quantitative estimate of drug-likeness (QED) is 0.783. The van der Waals surface area contributed by atoms with Crippen molar-refractivity contribution >= 4 is 5.91 Å². The zero-order valence-corrected chi connectivity index (χ0v) is 12.5. The molecule has 1 aromatic carbocycles. The molecule has 3 nitrogen and oxygen atoms in total. The van der Waals surface area contributed by atoms with E-state index in [2.05, 4.69) is 41.8 Å². The van der Waals surface area contributed by atoms with Crippen LogP contribution in [-0.2, 0) is 11.3 Å². The van der Waals surface area contributed by atoms with Crippen LogP contribution in [0.15, 0.2) is 24.3 Å². The van der Waals surface area contributed by atoms with Gasteiger partial charge in [-0.2, -0.15) is 0 Å². The average Bonchev–Trinajstić information content (AvgIpc) is 2.45. The minimum Gasteiger partial charge on any atom is -0.353 e. The van der Waals surface area contributed by atoms with E-state index in [0.717, 1.165) is 25.9 Å². The van der Waals surface area contributed by atoms with E-state index in [4.69, 9.17) is 0 Å². The number of hydrogen-bond acceptors (Lipinski definition) is 2. The summed E-state index contributed by atoms with van der Waals surface area (Å²) >= 11 is 0. The first kappa shape index (κ1) is 15.0. The lowest BCUT2D eigenvalue weighted by Crippen LogP contribution is -2.37. The SMILES string of the molecule is Cc1cccc(CNCCC(=O)NC2CCCCC2)c1. The number of hydrogen-bond donors (Lipinski definition) is 2. The summed E-state index contributed by atoms with van der Waals surface area (Å²) in [5.74, 6) is 0.189. The van der Waals surface area contributed by atoms with E-state index in [1.54, 1.807) is 0 Å². The molecule has 0 saturated heterocycles. The second kappa shape index (κ2) is 8.05. The summed E-state index contributed by atoms with van der Waals surface area (Å²) in [6.07, 6.45) is 6.73.